The average molecular weight is 288 g/mol. The monoisotopic (exact) mass is 288 g/mol. The second-order valence-electron chi connectivity index (χ2n) is 6.72. The number of rotatable bonds is 0. The van der Waals surface area contributed by atoms with E-state index in [0.29, 0.717) is 12.0 Å². The van der Waals surface area contributed by atoms with Crippen molar-refractivity contribution in [2.45, 2.75) is 38.3 Å². The summed E-state index contributed by atoms with van der Waals surface area (Å²) in [4.78, 5) is 3.69. The first-order chi connectivity index (χ1) is 10.8. The van der Waals surface area contributed by atoms with Crippen LogP contribution in [0.1, 0.15) is 40.3 Å². The molecule has 1 aliphatic carbocycles. The zero-order chi connectivity index (χ0) is 14.7. The Hall–Kier alpha value is -2.06. The smallest absolute Gasteiger partial charge is 0.0489 e. The molecule has 2 N–H and O–H groups in total. The Morgan fingerprint density at radius 2 is 1.95 bits per heavy atom. The van der Waals surface area contributed by atoms with Gasteiger partial charge in [-0.1, -0.05) is 42.5 Å². The van der Waals surface area contributed by atoms with Crippen LogP contribution in [0.25, 0.3) is 10.9 Å². The molecule has 110 valence electrons. The fraction of sp³-hybridized carbons (Fsp3) is 0.300. The molecule has 3 aromatic rings. The van der Waals surface area contributed by atoms with E-state index in [9.17, 15) is 0 Å². The van der Waals surface area contributed by atoms with Crippen LogP contribution in [0.4, 0.5) is 0 Å². The third-order valence-electron chi connectivity index (χ3n) is 5.53. The average Bonchev–Trinajstić information content (AvgIpc) is 2.95. The van der Waals surface area contributed by atoms with Crippen molar-refractivity contribution < 1.29 is 0 Å². The largest absolute Gasteiger partial charge is 0.357 e. The Morgan fingerprint density at radius 1 is 1.05 bits per heavy atom. The van der Waals surface area contributed by atoms with E-state index in [-0.39, 0.29) is 0 Å². The first-order valence-electron chi connectivity index (χ1n) is 8.24. The number of nitrogens with one attached hydrogen (secondary N) is 2. The number of hydrogen-bond acceptors (Lipinski definition) is 1. The van der Waals surface area contributed by atoms with Crippen LogP contribution in [-0.2, 0) is 13.0 Å². The lowest BCUT2D eigenvalue weighted by Gasteiger charge is -2.38. The lowest BCUT2D eigenvalue weighted by Crippen LogP contribution is -2.42. The lowest BCUT2D eigenvalue weighted by atomic mass is 9.73. The van der Waals surface area contributed by atoms with Crippen molar-refractivity contribution in [1.82, 2.24) is 10.3 Å². The molecule has 2 aromatic carbocycles. The number of fused-ring (bicyclic) bond motifs is 7. The highest BCUT2D eigenvalue weighted by molar-refractivity contribution is 5.88. The summed E-state index contributed by atoms with van der Waals surface area (Å²) in [5.41, 5.74) is 8.62. The maximum Gasteiger partial charge on any atom is 0.0489 e. The molecule has 22 heavy (non-hydrogen) atoms. The number of hydrogen-bond donors (Lipinski definition) is 2. The van der Waals surface area contributed by atoms with Crippen LogP contribution in [0.15, 0.2) is 42.5 Å². The Balaban J connectivity index is 1.82. The fourth-order valence-electron chi connectivity index (χ4n) is 4.50. The molecule has 2 heterocycles. The minimum absolute atomic E-state index is 0.490. The van der Waals surface area contributed by atoms with Crippen molar-refractivity contribution in [1.29, 1.82) is 0 Å². The molecule has 2 heteroatoms. The Kier molecular flexibility index (Phi) is 2.53. The van der Waals surface area contributed by atoms with Gasteiger partial charge in [-0.05, 0) is 42.0 Å². The van der Waals surface area contributed by atoms with Gasteiger partial charge in [-0.15, -0.1) is 0 Å². The van der Waals surface area contributed by atoms with Gasteiger partial charge in [0.2, 0.25) is 0 Å². The summed E-state index contributed by atoms with van der Waals surface area (Å²) in [5.74, 6) is 0.490. The minimum Gasteiger partial charge on any atom is -0.357 e. The van der Waals surface area contributed by atoms with E-state index in [1.54, 1.807) is 0 Å². The molecule has 0 spiro atoms. The van der Waals surface area contributed by atoms with Gasteiger partial charge in [-0.2, -0.15) is 0 Å². The lowest BCUT2D eigenvalue weighted by molar-refractivity contribution is 0.393. The zero-order valence-electron chi connectivity index (χ0n) is 12.8. The summed E-state index contributed by atoms with van der Waals surface area (Å²) in [6.45, 7) is 3.16. The summed E-state index contributed by atoms with van der Waals surface area (Å²) in [7, 11) is 0. The molecule has 0 saturated carbocycles. The SMILES string of the molecule is Cc1cccc2c3c([nH]c12)CN[C@H]1CCc2ccccc2[C@H]31. The molecule has 2 nitrogen and oxygen atoms in total. The van der Waals surface area contributed by atoms with Crippen LogP contribution in [0, 0.1) is 6.92 Å². The molecule has 5 rings (SSSR count). The van der Waals surface area contributed by atoms with Gasteiger partial charge in [-0.3, -0.25) is 0 Å². The maximum atomic E-state index is 3.77. The van der Waals surface area contributed by atoms with Crippen molar-refractivity contribution >= 4 is 10.9 Å². The summed E-state index contributed by atoms with van der Waals surface area (Å²) < 4.78 is 0. The van der Waals surface area contributed by atoms with Crippen LogP contribution in [0.5, 0.6) is 0 Å². The number of aryl methyl sites for hydroxylation is 2. The molecular weight excluding hydrogens is 268 g/mol. The molecule has 0 saturated heterocycles. The fourth-order valence-corrected chi connectivity index (χ4v) is 4.50. The van der Waals surface area contributed by atoms with E-state index in [2.05, 4.69) is 59.7 Å². The normalized spacial score (nSPS) is 23.0. The molecule has 1 aliphatic heterocycles. The van der Waals surface area contributed by atoms with Gasteiger partial charge in [0.05, 0.1) is 0 Å². The third-order valence-corrected chi connectivity index (χ3v) is 5.53. The number of benzene rings is 2. The Labute approximate surface area is 130 Å². The predicted octanol–water partition coefficient (Wildman–Crippen LogP) is 4.03. The van der Waals surface area contributed by atoms with Gasteiger partial charge in [0.1, 0.15) is 0 Å². The highest BCUT2D eigenvalue weighted by atomic mass is 15.0. The third kappa shape index (κ3) is 1.59. The first kappa shape index (κ1) is 12.5. The molecule has 0 unspecified atom stereocenters. The Bertz CT molecular complexity index is 875. The van der Waals surface area contributed by atoms with Crippen molar-refractivity contribution in [3.63, 3.8) is 0 Å². The number of H-pyrrole nitrogens is 1. The number of para-hydroxylation sites is 1. The molecular formula is C20H20N2. The first-order valence-corrected chi connectivity index (χ1v) is 8.24. The van der Waals surface area contributed by atoms with Gasteiger partial charge in [-0.25, -0.2) is 0 Å². The molecule has 0 amide bonds. The van der Waals surface area contributed by atoms with Crippen LogP contribution in [-0.4, -0.2) is 11.0 Å². The summed E-state index contributed by atoms with van der Waals surface area (Å²) in [6.07, 6.45) is 2.43. The van der Waals surface area contributed by atoms with Crippen LogP contribution < -0.4 is 5.32 Å². The van der Waals surface area contributed by atoms with Crippen molar-refractivity contribution in [3.05, 3.63) is 70.4 Å². The highest BCUT2D eigenvalue weighted by Crippen LogP contribution is 2.44. The van der Waals surface area contributed by atoms with E-state index in [4.69, 9.17) is 0 Å². The van der Waals surface area contributed by atoms with Crippen molar-refractivity contribution in [2.24, 2.45) is 0 Å². The molecule has 2 atom stereocenters. The van der Waals surface area contributed by atoms with E-state index in [1.807, 2.05) is 0 Å². The van der Waals surface area contributed by atoms with E-state index in [0.717, 1.165) is 6.54 Å². The molecule has 0 bridgehead atoms. The zero-order valence-corrected chi connectivity index (χ0v) is 12.8. The predicted molar refractivity (Wildman–Crippen MR) is 90.3 cm³/mol. The highest BCUT2D eigenvalue weighted by Gasteiger charge is 2.36. The Morgan fingerprint density at radius 3 is 2.91 bits per heavy atom. The van der Waals surface area contributed by atoms with E-state index >= 15 is 0 Å². The number of aromatic amines is 1. The quantitative estimate of drug-likeness (QED) is 0.642. The van der Waals surface area contributed by atoms with Crippen molar-refractivity contribution in [2.75, 3.05) is 0 Å². The van der Waals surface area contributed by atoms with E-state index in [1.165, 1.54) is 51.7 Å². The van der Waals surface area contributed by atoms with Gasteiger partial charge in [0, 0.05) is 35.1 Å². The molecule has 0 radical (unpaired) electrons. The summed E-state index contributed by atoms with van der Waals surface area (Å²) in [5, 5.41) is 5.19. The van der Waals surface area contributed by atoms with E-state index < -0.39 is 0 Å². The second-order valence-corrected chi connectivity index (χ2v) is 6.72. The van der Waals surface area contributed by atoms with Gasteiger partial charge in [0.15, 0.2) is 0 Å². The molecule has 1 aromatic heterocycles. The number of aromatic nitrogens is 1. The van der Waals surface area contributed by atoms with Crippen LogP contribution in [0.3, 0.4) is 0 Å². The summed E-state index contributed by atoms with van der Waals surface area (Å²) >= 11 is 0. The molecule has 0 fully saturated rings. The van der Waals surface area contributed by atoms with Crippen molar-refractivity contribution in [3.8, 4) is 0 Å². The minimum atomic E-state index is 0.490. The summed E-state index contributed by atoms with van der Waals surface area (Å²) in [6, 6.07) is 16.3. The van der Waals surface area contributed by atoms with Crippen LogP contribution in [0.2, 0.25) is 0 Å². The molecule has 2 aliphatic rings. The maximum absolute atomic E-state index is 3.77. The van der Waals surface area contributed by atoms with Crippen LogP contribution >= 0.6 is 0 Å². The topological polar surface area (TPSA) is 27.8 Å². The standard InChI is InChI=1S/C20H20N2/c1-12-5-4-8-15-19-17(22-20(12)15)11-21-16-10-9-13-6-2-3-7-14(13)18(16)19/h2-8,16,18,21-22H,9-11H2,1H3/t16-,18-/m0/s1. The second kappa shape index (κ2) is 4.47. The van der Waals surface area contributed by atoms with Gasteiger partial charge >= 0.3 is 0 Å². The van der Waals surface area contributed by atoms with Gasteiger partial charge < -0.3 is 10.3 Å². The van der Waals surface area contributed by atoms with Gasteiger partial charge in [0.25, 0.3) is 0 Å².